The van der Waals surface area contributed by atoms with Crippen LogP contribution in [-0.4, -0.2) is 10.2 Å². The van der Waals surface area contributed by atoms with Gasteiger partial charge in [0.05, 0.1) is 5.52 Å². The van der Waals surface area contributed by atoms with Crippen molar-refractivity contribution < 1.29 is 0 Å². The molecule has 2 aromatic rings. The van der Waals surface area contributed by atoms with Crippen LogP contribution in [0.25, 0.3) is 5.52 Å². The molecule has 0 aromatic carbocycles. The summed E-state index contributed by atoms with van der Waals surface area (Å²) < 4.78 is 2.21. The van der Waals surface area contributed by atoms with Crippen molar-refractivity contribution in [2.75, 3.05) is 5.75 Å². The summed E-state index contributed by atoms with van der Waals surface area (Å²) in [5.74, 6) is 1.26. The summed E-state index contributed by atoms with van der Waals surface area (Å²) in [6, 6.07) is 8.67. The van der Waals surface area contributed by atoms with Gasteiger partial charge >= 0.3 is 0 Å². The minimum atomic E-state index is 1.26. The molecule has 0 spiro atoms. The molecule has 0 saturated carbocycles. The van der Waals surface area contributed by atoms with Gasteiger partial charge in [0.1, 0.15) is 0 Å². The van der Waals surface area contributed by atoms with Crippen molar-refractivity contribution in [3.05, 3.63) is 36.7 Å². The van der Waals surface area contributed by atoms with E-state index in [1.54, 1.807) is 0 Å². The van der Waals surface area contributed by atoms with Crippen LogP contribution in [0.1, 0.15) is 71.1 Å². The lowest BCUT2D eigenvalue weighted by Crippen LogP contribution is -1.84. The van der Waals surface area contributed by atoms with Crippen LogP contribution in [-0.2, 0) is 0 Å². The molecule has 0 bridgehead atoms. The standard InChI is InChI=1S/C20H31NS/c1-2-3-4-5-6-7-8-9-10-13-18-22-20-15-17-21-16-12-11-14-19(20)21/h11-12,14-17H,2-10,13,18H2,1H3. The second-order valence-electron chi connectivity index (χ2n) is 6.20. The molecule has 2 rings (SSSR count). The molecule has 0 aliphatic carbocycles. The Morgan fingerprint density at radius 2 is 1.45 bits per heavy atom. The Morgan fingerprint density at radius 3 is 2.18 bits per heavy atom. The van der Waals surface area contributed by atoms with E-state index in [4.69, 9.17) is 0 Å². The molecule has 0 unspecified atom stereocenters. The lowest BCUT2D eigenvalue weighted by Gasteiger charge is -2.03. The summed E-state index contributed by atoms with van der Waals surface area (Å²) in [4.78, 5) is 1.43. The third-order valence-electron chi connectivity index (χ3n) is 4.28. The fourth-order valence-electron chi connectivity index (χ4n) is 2.92. The van der Waals surface area contributed by atoms with Crippen LogP contribution in [0, 0.1) is 0 Å². The predicted octanol–water partition coefficient (Wildman–Crippen LogP) is 6.95. The molecule has 22 heavy (non-hydrogen) atoms. The maximum atomic E-state index is 2.29. The topological polar surface area (TPSA) is 4.41 Å². The Hall–Kier alpha value is -0.890. The van der Waals surface area contributed by atoms with Gasteiger partial charge in [0.15, 0.2) is 0 Å². The van der Waals surface area contributed by atoms with E-state index >= 15 is 0 Å². The molecule has 2 heteroatoms. The van der Waals surface area contributed by atoms with Gasteiger partial charge in [-0.05, 0) is 30.4 Å². The first-order valence-electron chi connectivity index (χ1n) is 9.10. The Balaban J connectivity index is 1.48. The van der Waals surface area contributed by atoms with Gasteiger partial charge in [0.2, 0.25) is 0 Å². The zero-order valence-electron chi connectivity index (χ0n) is 14.1. The van der Waals surface area contributed by atoms with Crippen LogP contribution >= 0.6 is 11.8 Å². The second-order valence-corrected chi connectivity index (χ2v) is 7.34. The highest BCUT2D eigenvalue weighted by Crippen LogP contribution is 2.25. The zero-order chi connectivity index (χ0) is 15.5. The third-order valence-corrected chi connectivity index (χ3v) is 5.43. The number of fused-ring (bicyclic) bond motifs is 1. The highest BCUT2D eigenvalue weighted by Gasteiger charge is 2.01. The van der Waals surface area contributed by atoms with Crippen LogP contribution < -0.4 is 0 Å². The van der Waals surface area contributed by atoms with Crippen LogP contribution in [0.5, 0.6) is 0 Å². The average molecular weight is 318 g/mol. The van der Waals surface area contributed by atoms with Crippen LogP contribution in [0.2, 0.25) is 0 Å². The number of aromatic nitrogens is 1. The molecule has 0 aliphatic heterocycles. The van der Waals surface area contributed by atoms with E-state index in [9.17, 15) is 0 Å². The number of rotatable bonds is 12. The molecule has 0 fully saturated rings. The third kappa shape index (κ3) is 6.08. The maximum Gasteiger partial charge on any atom is 0.0585 e. The summed E-state index contributed by atoms with van der Waals surface area (Å²) in [7, 11) is 0. The normalized spacial score (nSPS) is 11.3. The molecule has 1 nitrogen and oxygen atoms in total. The van der Waals surface area contributed by atoms with Gasteiger partial charge < -0.3 is 4.40 Å². The summed E-state index contributed by atoms with van der Waals surface area (Å²) >= 11 is 2.01. The van der Waals surface area contributed by atoms with Gasteiger partial charge in [-0.15, -0.1) is 11.8 Å². The Bertz CT molecular complexity index is 517. The van der Waals surface area contributed by atoms with Crippen molar-refractivity contribution in [2.45, 2.75) is 76.0 Å². The van der Waals surface area contributed by atoms with Crippen molar-refractivity contribution in [1.29, 1.82) is 0 Å². The van der Waals surface area contributed by atoms with Gasteiger partial charge in [-0.2, -0.15) is 0 Å². The van der Waals surface area contributed by atoms with Crippen molar-refractivity contribution in [3.63, 3.8) is 0 Å². The number of pyridine rings is 1. The highest BCUT2D eigenvalue weighted by molar-refractivity contribution is 7.99. The molecule has 2 aromatic heterocycles. The molecule has 0 saturated heterocycles. The number of hydrogen-bond acceptors (Lipinski definition) is 1. The predicted molar refractivity (Wildman–Crippen MR) is 100.0 cm³/mol. The molecular weight excluding hydrogens is 286 g/mol. The Labute approximate surface area is 140 Å². The number of thioether (sulfide) groups is 1. The lowest BCUT2D eigenvalue weighted by atomic mass is 10.1. The summed E-state index contributed by atoms with van der Waals surface area (Å²) in [5.41, 5.74) is 1.35. The number of unbranched alkanes of at least 4 members (excludes halogenated alkanes) is 9. The Morgan fingerprint density at radius 1 is 0.773 bits per heavy atom. The molecule has 0 N–H and O–H groups in total. The van der Waals surface area contributed by atoms with Crippen LogP contribution in [0.15, 0.2) is 41.6 Å². The minimum absolute atomic E-state index is 1.26. The molecular formula is C20H31NS. The maximum absolute atomic E-state index is 2.29. The quantitative estimate of drug-likeness (QED) is 0.302. The molecule has 122 valence electrons. The minimum Gasteiger partial charge on any atom is -0.323 e. The molecule has 0 aliphatic rings. The number of nitrogens with zero attached hydrogens (tertiary/aromatic N) is 1. The van der Waals surface area contributed by atoms with Crippen LogP contribution in [0.3, 0.4) is 0 Å². The average Bonchev–Trinajstić information content (AvgIpc) is 2.96. The van der Waals surface area contributed by atoms with E-state index < -0.39 is 0 Å². The van der Waals surface area contributed by atoms with E-state index in [1.807, 2.05) is 11.8 Å². The van der Waals surface area contributed by atoms with E-state index in [0.717, 1.165) is 0 Å². The largest absolute Gasteiger partial charge is 0.323 e. The van der Waals surface area contributed by atoms with Gasteiger partial charge in [0, 0.05) is 17.3 Å². The molecule has 0 radical (unpaired) electrons. The fraction of sp³-hybridized carbons (Fsp3) is 0.600. The monoisotopic (exact) mass is 317 g/mol. The lowest BCUT2D eigenvalue weighted by molar-refractivity contribution is 0.563. The van der Waals surface area contributed by atoms with E-state index in [1.165, 1.54) is 80.4 Å². The van der Waals surface area contributed by atoms with Gasteiger partial charge in [-0.1, -0.05) is 70.8 Å². The zero-order valence-corrected chi connectivity index (χ0v) is 14.9. The van der Waals surface area contributed by atoms with Crippen molar-refractivity contribution >= 4 is 17.3 Å². The fourth-order valence-corrected chi connectivity index (χ4v) is 3.97. The van der Waals surface area contributed by atoms with Crippen molar-refractivity contribution in [2.24, 2.45) is 0 Å². The smallest absolute Gasteiger partial charge is 0.0585 e. The summed E-state index contributed by atoms with van der Waals surface area (Å²) in [6.07, 6.45) is 18.5. The Kier molecular flexibility index (Phi) is 8.55. The van der Waals surface area contributed by atoms with Crippen molar-refractivity contribution in [1.82, 2.24) is 4.40 Å². The molecule has 0 amide bonds. The first-order chi connectivity index (χ1) is 10.9. The van der Waals surface area contributed by atoms with Crippen LogP contribution in [0.4, 0.5) is 0 Å². The SMILES string of the molecule is CCCCCCCCCCCCSc1ccn2ccccc12. The van der Waals surface area contributed by atoms with E-state index in [-0.39, 0.29) is 0 Å². The number of hydrogen-bond donors (Lipinski definition) is 0. The van der Waals surface area contributed by atoms with E-state index in [2.05, 4.69) is 48.0 Å². The van der Waals surface area contributed by atoms with E-state index in [0.29, 0.717) is 0 Å². The highest BCUT2D eigenvalue weighted by atomic mass is 32.2. The van der Waals surface area contributed by atoms with Gasteiger partial charge in [-0.3, -0.25) is 0 Å². The second kappa shape index (κ2) is 10.8. The first-order valence-corrected chi connectivity index (χ1v) is 10.1. The molecule has 2 heterocycles. The summed E-state index contributed by atoms with van der Waals surface area (Å²) in [6.45, 7) is 2.29. The van der Waals surface area contributed by atoms with Crippen molar-refractivity contribution in [3.8, 4) is 0 Å². The van der Waals surface area contributed by atoms with Gasteiger partial charge in [0.25, 0.3) is 0 Å². The molecule has 0 atom stereocenters. The first kappa shape index (κ1) is 17.5. The van der Waals surface area contributed by atoms with Gasteiger partial charge in [-0.25, -0.2) is 0 Å². The summed E-state index contributed by atoms with van der Waals surface area (Å²) in [5, 5.41) is 0.